The van der Waals surface area contributed by atoms with Crippen LogP contribution in [-0.4, -0.2) is 29.2 Å². The third kappa shape index (κ3) is 4.01. The minimum Gasteiger partial charge on any atom is -0.461 e. The molecule has 0 saturated heterocycles. The number of aromatic amines is 1. The van der Waals surface area contributed by atoms with Crippen molar-refractivity contribution in [2.24, 2.45) is 5.10 Å². The summed E-state index contributed by atoms with van der Waals surface area (Å²) in [5.41, 5.74) is 5.15. The lowest BCUT2D eigenvalue weighted by Gasteiger charge is -2.05. The number of hydrogen-bond acceptors (Lipinski definition) is 4. The van der Waals surface area contributed by atoms with Crippen LogP contribution in [0.3, 0.4) is 0 Å². The highest BCUT2D eigenvalue weighted by molar-refractivity contribution is 6.35. The zero-order valence-electron chi connectivity index (χ0n) is 14.9. The Hall–Kier alpha value is -3.12. The second-order valence-corrected chi connectivity index (χ2v) is 6.23. The fourth-order valence-electron chi connectivity index (χ4n) is 2.71. The van der Waals surface area contributed by atoms with E-state index in [9.17, 15) is 9.59 Å². The molecule has 6 nitrogen and oxygen atoms in total. The van der Waals surface area contributed by atoms with E-state index >= 15 is 0 Å². The van der Waals surface area contributed by atoms with Gasteiger partial charge in [0.2, 0.25) is 0 Å². The number of nitrogens with one attached hydrogen (secondary N) is 2. The fraction of sp³-hybridized carbons (Fsp3) is 0.150. The molecule has 3 rings (SSSR count). The van der Waals surface area contributed by atoms with E-state index in [2.05, 4.69) is 15.5 Å². The molecular formula is C20H18ClN3O3. The van der Waals surface area contributed by atoms with Gasteiger partial charge in [-0.3, -0.25) is 4.79 Å². The van der Waals surface area contributed by atoms with Crippen molar-refractivity contribution in [1.82, 2.24) is 10.4 Å². The Morgan fingerprint density at radius 2 is 1.93 bits per heavy atom. The van der Waals surface area contributed by atoms with Crippen molar-refractivity contribution in [2.75, 3.05) is 6.61 Å². The van der Waals surface area contributed by atoms with Crippen LogP contribution in [0.2, 0.25) is 5.02 Å². The molecule has 138 valence electrons. The molecule has 0 aliphatic rings. The summed E-state index contributed by atoms with van der Waals surface area (Å²) >= 11 is 6.15. The smallest absolute Gasteiger partial charge is 0.354 e. The van der Waals surface area contributed by atoms with Crippen LogP contribution in [0.1, 0.15) is 24.3 Å². The molecule has 27 heavy (non-hydrogen) atoms. The maximum absolute atomic E-state index is 12.7. The zero-order valence-corrected chi connectivity index (χ0v) is 15.6. The van der Waals surface area contributed by atoms with E-state index in [1.807, 2.05) is 36.4 Å². The number of nitrogens with zero attached hydrogens (tertiary/aromatic N) is 1. The van der Waals surface area contributed by atoms with Gasteiger partial charge in [-0.25, -0.2) is 10.2 Å². The highest BCUT2D eigenvalue weighted by atomic mass is 35.5. The number of rotatable bonds is 5. The van der Waals surface area contributed by atoms with E-state index in [0.29, 0.717) is 10.7 Å². The van der Waals surface area contributed by atoms with Crippen molar-refractivity contribution in [1.29, 1.82) is 0 Å². The van der Waals surface area contributed by atoms with E-state index in [1.54, 1.807) is 19.1 Å². The monoisotopic (exact) mass is 383 g/mol. The number of esters is 1. The van der Waals surface area contributed by atoms with E-state index in [1.165, 1.54) is 6.92 Å². The topological polar surface area (TPSA) is 83.5 Å². The minimum absolute atomic E-state index is 0.0608. The average molecular weight is 384 g/mol. The SMILES string of the molecule is CCOC(=O)/C(C)=N\NC(=O)c1[nH]c2ccc(Cl)cc2c1-c1ccccc1. The Morgan fingerprint density at radius 1 is 1.19 bits per heavy atom. The maximum Gasteiger partial charge on any atom is 0.354 e. The average Bonchev–Trinajstić information content (AvgIpc) is 3.05. The molecule has 0 aliphatic carbocycles. The lowest BCUT2D eigenvalue weighted by molar-refractivity contribution is -0.135. The Balaban J connectivity index is 2.02. The largest absolute Gasteiger partial charge is 0.461 e. The van der Waals surface area contributed by atoms with E-state index in [0.717, 1.165) is 22.0 Å². The number of halogens is 1. The molecule has 0 radical (unpaired) electrons. The Labute approximate surface area is 161 Å². The van der Waals surface area contributed by atoms with Crippen LogP contribution >= 0.6 is 11.6 Å². The molecule has 0 atom stereocenters. The van der Waals surface area contributed by atoms with Gasteiger partial charge in [-0.2, -0.15) is 5.10 Å². The van der Waals surface area contributed by atoms with Gasteiger partial charge in [0.25, 0.3) is 5.91 Å². The van der Waals surface area contributed by atoms with Gasteiger partial charge in [0, 0.05) is 21.5 Å². The summed E-state index contributed by atoms with van der Waals surface area (Å²) in [6, 6.07) is 14.9. The molecule has 0 spiro atoms. The van der Waals surface area contributed by atoms with Crippen LogP contribution in [0.15, 0.2) is 53.6 Å². The number of H-pyrrole nitrogens is 1. The Morgan fingerprint density at radius 3 is 2.63 bits per heavy atom. The van der Waals surface area contributed by atoms with E-state index in [-0.39, 0.29) is 12.3 Å². The summed E-state index contributed by atoms with van der Waals surface area (Å²) in [4.78, 5) is 27.5. The fourth-order valence-corrected chi connectivity index (χ4v) is 2.88. The van der Waals surface area contributed by atoms with Crippen molar-refractivity contribution in [3.05, 3.63) is 59.2 Å². The van der Waals surface area contributed by atoms with Gasteiger partial charge in [-0.15, -0.1) is 0 Å². The number of carbonyl (C=O) groups excluding carboxylic acids is 2. The third-order valence-electron chi connectivity index (χ3n) is 3.95. The molecule has 0 saturated carbocycles. The highest BCUT2D eigenvalue weighted by Crippen LogP contribution is 2.34. The van der Waals surface area contributed by atoms with Gasteiger partial charge < -0.3 is 9.72 Å². The molecule has 1 heterocycles. The number of hydrogen-bond donors (Lipinski definition) is 2. The number of fused-ring (bicyclic) bond motifs is 1. The first-order valence-electron chi connectivity index (χ1n) is 8.39. The first-order chi connectivity index (χ1) is 13.0. The number of aromatic nitrogens is 1. The molecular weight excluding hydrogens is 366 g/mol. The molecule has 1 amide bonds. The van der Waals surface area contributed by atoms with Crippen LogP contribution in [-0.2, 0) is 9.53 Å². The van der Waals surface area contributed by atoms with Crippen molar-refractivity contribution < 1.29 is 14.3 Å². The lowest BCUT2D eigenvalue weighted by atomic mass is 10.0. The van der Waals surface area contributed by atoms with Crippen LogP contribution < -0.4 is 5.43 Å². The van der Waals surface area contributed by atoms with Crippen LogP contribution in [0, 0.1) is 0 Å². The summed E-state index contributed by atoms with van der Waals surface area (Å²) < 4.78 is 4.85. The van der Waals surface area contributed by atoms with Crippen molar-refractivity contribution in [2.45, 2.75) is 13.8 Å². The normalized spacial score (nSPS) is 11.4. The first-order valence-corrected chi connectivity index (χ1v) is 8.77. The number of hydrazone groups is 1. The van der Waals surface area contributed by atoms with Gasteiger partial charge in [-0.05, 0) is 37.6 Å². The van der Waals surface area contributed by atoms with Gasteiger partial charge in [0.15, 0.2) is 0 Å². The summed E-state index contributed by atoms with van der Waals surface area (Å²) in [6.07, 6.45) is 0. The van der Waals surface area contributed by atoms with Crippen LogP contribution in [0.4, 0.5) is 0 Å². The third-order valence-corrected chi connectivity index (χ3v) is 4.18. The molecule has 3 aromatic rings. The van der Waals surface area contributed by atoms with Gasteiger partial charge in [0.05, 0.1) is 6.61 Å². The van der Waals surface area contributed by atoms with Gasteiger partial charge in [-0.1, -0.05) is 41.9 Å². The number of carbonyl (C=O) groups is 2. The predicted octanol–water partition coefficient (Wildman–Crippen LogP) is 4.16. The summed E-state index contributed by atoms with van der Waals surface area (Å²) in [5, 5.41) is 5.23. The van der Waals surface area contributed by atoms with Gasteiger partial charge >= 0.3 is 5.97 Å². The highest BCUT2D eigenvalue weighted by Gasteiger charge is 2.19. The molecule has 7 heteroatoms. The molecule has 2 aromatic carbocycles. The van der Waals surface area contributed by atoms with Gasteiger partial charge in [0.1, 0.15) is 11.4 Å². The molecule has 0 aliphatic heterocycles. The molecule has 0 fully saturated rings. The summed E-state index contributed by atoms with van der Waals surface area (Å²) in [7, 11) is 0. The lowest BCUT2D eigenvalue weighted by Crippen LogP contribution is -2.23. The van der Waals surface area contributed by atoms with Crippen molar-refractivity contribution in [3.63, 3.8) is 0 Å². The first kappa shape index (κ1) is 18.7. The molecule has 0 bridgehead atoms. The van der Waals surface area contributed by atoms with Crippen LogP contribution in [0.25, 0.3) is 22.0 Å². The summed E-state index contributed by atoms with van der Waals surface area (Å²) in [5.74, 6) is -1.05. The second-order valence-electron chi connectivity index (χ2n) is 5.79. The molecule has 0 unspecified atom stereocenters. The van der Waals surface area contributed by atoms with E-state index < -0.39 is 11.9 Å². The minimum atomic E-state index is -0.579. The standard InChI is InChI=1S/C20H18ClN3O3/c1-3-27-20(26)12(2)23-24-19(25)18-17(13-7-5-4-6-8-13)15-11-14(21)9-10-16(15)22-18/h4-11,22H,3H2,1-2H3,(H,24,25)/b23-12-. The molecule has 1 aromatic heterocycles. The van der Waals surface area contributed by atoms with Crippen molar-refractivity contribution in [3.8, 4) is 11.1 Å². The maximum atomic E-state index is 12.7. The Bertz CT molecular complexity index is 1030. The number of ether oxygens (including phenoxy) is 1. The van der Waals surface area contributed by atoms with Crippen LogP contribution in [0.5, 0.6) is 0 Å². The zero-order chi connectivity index (χ0) is 19.4. The molecule has 2 N–H and O–H groups in total. The predicted molar refractivity (Wildman–Crippen MR) is 106 cm³/mol. The number of amides is 1. The summed E-state index contributed by atoms with van der Waals surface area (Å²) in [6.45, 7) is 3.41. The van der Waals surface area contributed by atoms with Crippen molar-refractivity contribution >= 4 is 40.1 Å². The Kier molecular flexibility index (Phi) is 5.57. The van der Waals surface area contributed by atoms with E-state index in [4.69, 9.17) is 16.3 Å². The quantitative estimate of drug-likeness (QED) is 0.394. The second kappa shape index (κ2) is 8.05. The number of benzene rings is 2.